The molecule has 0 spiro atoms. The summed E-state index contributed by atoms with van der Waals surface area (Å²) in [5.74, 6) is 0. The van der Waals surface area contributed by atoms with Gasteiger partial charge in [-0.1, -0.05) is 15.8 Å². The van der Waals surface area contributed by atoms with Crippen LogP contribution in [0.15, 0.2) is 24.3 Å². The van der Waals surface area contributed by atoms with Gasteiger partial charge in [-0.25, -0.2) is 4.79 Å². The lowest BCUT2D eigenvalue weighted by molar-refractivity contribution is 0.107. The van der Waals surface area contributed by atoms with Crippen LogP contribution in [0.1, 0.15) is 10.4 Å². The maximum Gasteiger partial charge on any atom is 0.364 e. The molecule has 4 heteroatoms. The predicted octanol–water partition coefficient (Wildman–Crippen LogP) is 2.24. The summed E-state index contributed by atoms with van der Waals surface area (Å²) in [6, 6.07) is 6.38. The van der Waals surface area contributed by atoms with Crippen molar-refractivity contribution in [3.8, 4) is 0 Å². The lowest BCUT2D eigenvalue weighted by atomic mass is 10.2. The van der Waals surface area contributed by atoms with Gasteiger partial charge in [0.1, 0.15) is 22.4 Å². The van der Waals surface area contributed by atoms with Crippen LogP contribution in [0.5, 0.6) is 0 Å². The van der Waals surface area contributed by atoms with E-state index in [4.69, 9.17) is 11.6 Å². The van der Waals surface area contributed by atoms with Gasteiger partial charge in [0.2, 0.25) is 0 Å². The number of benzene rings is 1. The Labute approximate surface area is 83.3 Å². The number of hydrogen-bond donors (Lipinski definition) is 0. The average Bonchev–Trinajstić information content (AvgIpc) is 2.03. The van der Waals surface area contributed by atoms with Crippen LogP contribution in [0, 0.1) is 0 Å². The second-order valence-corrected chi connectivity index (χ2v) is 6.30. The van der Waals surface area contributed by atoms with Crippen LogP contribution in [-0.4, -0.2) is 17.6 Å². The molecule has 0 radical (unpaired) electrons. The van der Waals surface area contributed by atoms with Crippen molar-refractivity contribution in [2.45, 2.75) is 0 Å². The summed E-state index contributed by atoms with van der Waals surface area (Å²) < 4.78 is 11.4. The van der Waals surface area contributed by atoms with Crippen LogP contribution >= 0.6 is 11.6 Å². The molecule has 1 aromatic rings. The fraction of sp³-hybridized carbons (Fsp3) is 0.222. The van der Waals surface area contributed by atoms with Crippen molar-refractivity contribution >= 4 is 26.6 Å². The highest BCUT2D eigenvalue weighted by Crippen LogP contribution is 2.13. The van der Waals surface area contributed by atoms with E-state index in [0.29, 0.717) is 10.6 Å². The van der Waals surface area contributed by atoms with Crippen molar-refractivity contribution < 1.29 is 9.00 Å². The van der Waals surface area contributed by atoms with E-state index in [0.717, 1.165) is 0 Å². The van der Waals surface area contributed by atoms with Gasteiger partial charge in [-0.15, -0.1) is 0 Å². The van der Waals surface area contributed by atoms with Gasteiger partial charge in [0.25, 0.3) is 0 Å². The first-order valence-corrected chi connectivity index (χ1v) is 6.40. The summed E-state index contributed by atoms with van der Waals surface area (Å²) in [5.41, 5.74) is 0.444. The first kappa shape index (κ1) is 10.4. The topological polar surface area (TPSA) is 34.1 Å². The molecule has 0 aliphatic carbocycles. The van der Waals surface area contributed by atoms with Crippen molar-refractivity contribution in [2.24, 2.45) is 0 Å². The number of hydrogen-bond acceptors (Lipinski definition) is 2. The van der Waals surface area contributed by atoms with E-state index in [1.54, 1.807) is 24.3 Å². The molecule has 13 heavy (non-hydrogen) atoms. The molecule has 0 saturated carbocycles. The Morgan fingerprint density at radius 2 is 1.69 bits per heavy atom. The Kier molecular flexibility index (Phi) is 2.88. The molecule has 0 amide bonds. The number of carbonyl (C=O) groups excluding carboxylic acids is 1. The zero-order valence-electron chi connectivity index (χ0n) is 7.41. The summed E-state index contributed by atoms with van der Waals surface area (Å²) >= 11 is 5.65. The minimum atomic E-state index is -2.40. The third-order valence-electron chi connectivity index (χ3n) is 1.53. The third-order valence-corrected chi connectivity index (χ3v) is 2.91. The standard InChI is InChI=1S/C9H10ClO2S/c1-13(2,12)9(11)7-3-5-8(10)6-4-7/h3-6H,1-2H3/q+1. The van der Waals surface area contributed by atoms with Gasteiger partial charge in [0, 0.05) is 5.02 Å². The minimum Gasteiger partial charge on any atom is -0.232 e. The quantitative estimate of drug-likeness (QED) is 0.677. The highest BCUT2D eigenvalue weighted by Gasteiger charge is 2.27. The van der Waals surface area contributed by atoms with E-state index in [1.807, 2.05) is 0 Å². The molecule has 2 nitrogen and oxygen atoms in total. The molecular formula is C9H10ClO2S+. The summed E-state index contributed by atoms with van der Waals surface area (Å²) in [4.78, 5) is 11.5. The Morgan fingerprint density at radius 3 is 2.08 bits per heavy atom. The zero-order valence-corrected chi connectivity index (χ0v) is 8.98. The summed E-state index contributed by atoms with van der Waals surface area (Å²) in [7, 11) is -2.40. The highest BCUT2D eigenvalue weighted by molar-refractivity contribution is 8.15. The minimum absolute atomic E-state index is 0.329. The SMILES string of the molecule is C[S+](C)(=O)C(=O)c1ccc(Cl)cc1. The second kappa shape index (κ2) is 3.60. The number of rotatable bonds is 1. The van der Waals surface area contributed by atoms with E-state index >= 15 is 0 Å². The Hall–Kier alpha value is -0.670. The molecule has 0 unspecified atom stereocenters. The van der Waals surface area contributed by atoms with E-state index in [9.17, 15) is 9.00 Å². The van der Waals surface area contributed by atoms with Crippen LogP contribution in [0.4, 0.5) is 0 Å². The third kappa shape index (κ3) is 2.64. The molecule has 0 heterocycles. The van der Waals surface area contributed by atoms with Crippen LogP contribution in [0.2, 0.25) is 5.02 Å². The molecule has 1 aromatic carbocycles. The van der Waals surface area contributed by atoms with Crippen LogP contribution < -0.4 is 0 Å². The summed E-state index contributed by atoms with van der Waals surface area (Å²) in [5, 5.41) is 0.236. The van der Waals surface area contributed by atoms with Gasteiger partial charge in [-0.2, -0.15) is 0 Å². The van der Waals surface area contributed by atoms with Gasteiger partial charge in [0.15, 0.2) is 0 Å². The van der Waals surface area contributed by atoms with Crippen LogP contribution in [0.25, 0.3) is 0 Å². The fourth-order valence-corrected chi connectivity index (χ4v) is 1.70. The Morgan fingerprint density at radius 1 is 1.23 bits per heavy atom. The fourth-order valence-electron chi connectivity index (χ4n) is 0.870. The van der Waals surface area contributed by atoms with E-state index in [1.165, 1.54) is 12.5 Å². The highest BCUT2D eigenvalue weighted by atomic mass is 35.5. The molecular weight excluding hydrogens is 208 g/mol. The Bertz CT molecular complexity index is 364. The maximum absolute atomic E-state index is 11.5. The predicted molar refractivity (Wildman–Crippen MR) is 55.7 cm³/mol. The molecule has 0 atom stereocenters. The normalized spacial score (nSPS) is 11.3. The van der Waals surface area contributed by atoms with Gasteiger partial charge in [0.05, 0.1) is 5.56 Å². The molecule has 0 N–H and O–H groups in total. The van der Waals surface area contributed by atoms with E-state index in [-0.39, 0.29) is 5.12 Å². The van der Waals surface area contributed by atoms with E-state index < -0.39 is 9.93 Å². The van der Waals surface area contributed by atoms with Crippen molar-refractivity contribution in [2.75, 3.05) is 12.5 Å². The molecule has 0 saturated heterocycles. The zero-order chi connectivity index (χ0) is 10.1. The Balaban J connectivity index is 3.04. The maximum atomic E-state index is 11.5. The largest absolute Gasteiger partial charge is 0.364 e. The van der Waals surface area contributed by atoms with Gasteiger partial charge >= 0.3 is 5.12 Å². The van der Waals surface area contributed by atoms with Crippen molar-refractivity contribution in [1.82, 2.24) is 0 Å². The van der Waals surface area contributed by atoms with Gasteiger partial charge in [-0.3, -0.25) is 0 Å². The molecule has 0 bridgehead atoms. The molecule has 70 valence electrons. The first-order valence-electron chi connectivity index (χ1n) is 3.65. The number of carbonyl (C=O) groups is 1. The first-order chi connectivity index (χ1) is 5.91. The van der Waals surface area contributed by atoms with Crippen LogP contribution in [-0.2, 0) is 14.1 Å². The van der Waals surface area contributed by atoms with Crippen molar-refractivity contribution in [3.63, 3.8) is 0 Å². The monoisotopic (exact) mass is 217 g/mol. The van der Waals surface area contributed by atoms with Crippen molar-refractivity contribution in [1.29, 1.82) is 0 Å². The molecule has 0 aliphatic rings. The lowest BCUT2D eigenvalue weighted by Gasteiger charge is -1.98. The van der Waals surface area contributed by atoms with E-state index in [2.05, 4.69) is 0 Å². The lowest BCUT2D eigenvalue weighted by Crippen LogP contribution is -2.18. The van der Waals surface area contributed by atoms with Gasteiger partial charge < -0.3 is 0 Å². The van der Waals surface area contributed by atoms with Gasteiger partial charge in [-0.05, 0) is 24.3 Å². The molecule has 1 rings (SSSR count). The van der Waals surface area contributed by atoms with Crippen LogP contribution in [0.3, 0.4) is 0 Å². The average molecular weight is 218 g/mol. The number of halogens is 1. The molecule has 0 aliphatic heterocycles. The molecule has 0 aromatic heterocycles. The summed E-state index contributed by atoms with van der Waals surface area (Å²) in [6.07, 6.45) is 2.87. The van der Waals surface area contributed by atoms with Crippen molar-refractivity contribution in [3.05, 3.63) is 34.9 Å². The summed E-state index contributed by atoms with van der Waals surface area (Å²) in [6.45, 7) is 0. The molecule has 0 fully saturated rings. The second-order valence-electron chi connectivity index (χ2n) is 3.03. The smallest absolute Gasteiger partial charge is 0.232 e.